The van der Waals surface area contributed by atoms with Gasteiger partial charge in [-0.1, -0.05) is 0 Å². The summed E-state index contributed by atoms with van der Waals surface area (Å²) in [6, 6.07) is -0.318. The van der Waals surface area contributed by atoms with Gasteiger partial charge in [0.25, 0.3) is 0 Å². The molecule has 0 spiro atoms. The SMILES string of the molecule is O=C1CC[C@H](C(=O)N2CCCN(CCO)CC2)N1. The van der Waals surface area contributed by atoms with Crippen molar-refractivity contribution in [2.24, 2.45) is 0 Å². The number of nitrogens with one attached hydrogen (secondary N) is 1. The van der Waals surface area contributed by atoms with Gasteiger partial charge in [-0.15, -0.1) is 0 Å². The number of aliphatic hydroxyl groups is 1. The molecule has 1 atom stereocenters. The lowest BCUT2D eigenvalue weighted by molar-refractivity contribution is -0.134. The molecule has 2 aliphatic rings. The Morgan fingerprint density at radius 3 is 2.83 bits per heavy atom. The van der Waals surface area contributed by atoms with E-state index in [0.29, 0.717) is 25.9 Å². The largest absolute Gasteiger partial charge is 0.395 e. The second-order valence-electron chi connectivity index (χ2n) is 4.90. The van der Waals surface area contributed by atoms with E-state index in [-0.39, 0.29) is 24.5 Å². The summed E-state index contributed by atoms with van der Waals surface area (Å²) in [5.74, 6) is 0.0248. The van der Waals surface area contributed by atoms with E-state index in [9.17, 15) is 9.59 Å². The quantitative estimate of drug-likeness (QED) is 0.664. The third-order valence-electron chi connectivity index (χ3n) is 3.61. The molecule has 0 radical (unpaired) electrons. The van der Waals surface area contributed by atoms with E-state index < -0.39 is 0 Å². The molecule has 0 aliphatic carbocycles. The van der Waals surface area contributed by atoms with E-state index in [2.05, 4.69) is 10.2 Å². The van der Waals surface area contributed by atoms with Crippen molar-refractivity contribution in [3.05, 3.63) is 0 Å². The number of carbonyl (C=O) groups excluding carboxylic acids is 2. The summed E-state index contributed by atoms with van der Waals surface area (Å²) in [4.78, 5) is 27.3. The highest BCUT2D eigenvalue weighted by Crippen LogP contribution is 2.12. The first-order valence-electron chi connectivity index (χ1n) is 6.62. The second kappa shape index (κ2) is 6.15. The van der Waals surface area contributed by atoms with Crippen LogP contribution in [0.4, 0.5) is 0 Å². The summed E-state index contributed by atoms with van der Waals surface area (Å²) in [5.41, 5.74) is 0. The molecule has 2 N–H and O–H groups in total. The van der Waals surface area contributed by atoms with Crippen LogP contribution in [0.2, 0.25) is 0 Å². The lowest BCUT2D eigenvalue weighted by atomic mass is 10.2. The zero-order valence-corrected chi connectivity index (χ0v) is 10.6. The van der Waals surface area contributed by atoms with Crippen molar-refractivity contribution in [1.82, 2.24) is 15.1 Å². The molecule has 0 saturated carbocycles. The Kier molecular flexibility index (Phi) is 4.54. The topological polar surface area (TPSA) is 72.9 Å². The molecule has 6 heteroatoms. The highest BCUT2D eigenvalue weighted by atomic mass is 16.3. The monoisotopic (exact) mass is 255 g/mol. The van der Waals surface area contributed by atoms with Crippen LogP contribution in [0.15, 0.2) is 0 Å². The average Bonchev–Trinajstić information content (AvgIpc) is 2.65. The minimum Gasteiger partial charge on any atom is -0.395 e. The standard InChI is InChI=1S/C12H21N3O3/c16-9-8-14-4-1-5-15(7-6-14)12(18)10-2-3-11(17)13-10/h10,16H,1-9H2,(H,13,17)/t10-/m1/s1. The summed E-state index contributed by atoms with van der Waals surface area (Å²) in [6.45, 7) is 3.97. The maximum Gasteiger partial charge on any atom is 0.245 e. The normalized spacial score (nSPS) is 25.9. The summed E-state index contributed by atoms with van der Waals surface area (Å²) in [6.07, 6.45) is 2.00. The number of hydrogen-bond donors (Lipinski definition) is 2. The highest BCUT2D eigenvalue weighted by Gasteiger charge is 2.31. The molecule has 0 bridgehead atoms. The van der Waals surface area contributed by atoms with E-state index in [1.54, 1.807) is 0 Å². The van der Waals surface area contributed by atoms with Gasteiger partial charge in [-0.2, -0.15) is 0 Å². The van der Waals surface area contributed by atoms with Crippen LogP contribution >= 0.6 is 0 Å². The van der Waals surface area contributed by atoms with Crippen LogP contribution in [0.1, 0.15) is 19.3 Å². The molecular formula is C12H21N3O3. The average molecular weight is 255 g/mol. The van der Waals surface area contributed by atoms with Crippen LogP contribution in [0.5, 0.6) is 0 Å². The van der Waals surface area contributed by atoms with Gasteiger partial charge in [-0.3, -0.25) is 14.5 Å². The first kappa shape index (κ1) is 13.3. The lowest BCUT2D eigenvalue weighted by Gasteiger charge is -2.24. The Morgan fingerprint density at radius 1 is 1.33 bits per heavy atom. The van der Waals surface area contributed by atoms with Gasteiger partial charge in [0.15, 0.2) is 0 Å². The van der Waals surface area contributed by atoms with Crippen LogP contribution in [0.25, 0.3) is 0 Å². The van der Waals surface area contributed by atoms with E-state index in [1.165, 1.54) is 0 Å². The van der Waals surface area contributed by atoms with E-state index in [1.807, 2.05) is 4.90 Å². The van der Waals surface area contributed by atoms with Gasteiger partial charge in [0.05, 0.1) is 6.61 Å². The van der Waals surface area contributed by atoms with Crippen molar-refractivity contribution in [3.63, 3.8) is 0 Å². The molecule has 6 nitrogen and oxygen atoms in total. The molecule has 0 aromatic heterocycles. The van der Waals surface area contributed by atoms with Gasteiger partial charge in [-0.05, 0) is 19.4 Å². The molecule has 2 fully saturated rings. The van der Waals surface area contributed by atoms with Crippen LogP contribution in [0.3, 0.4) is 0 Å². The third kappa shape index (κ3) is 3.20. The molecule has 0 aromatic rings. The first-order valence-corrected chi connectivity index (χ1v) is 6.62. The van der Waals surface area contributed by atoms with E-state index in [0.717, 1.165) is 26.1 Å². The van der Waals surface area contributed by atoms with Crippen molar-refractivity contribution in [1.29, 1.82) is 0 Å². The molecule has 2 heterocycles. The summed E-state index contributed by atoms with van der Waals surface area (Å²) >= 11 is 0. The van der Waals surface area contributed by atoms with E-state index in [4.69, 9.17) is 5.11 Å². The Bertz CT molecular complexity index is 322. The molecule has 0 unspecified atom stereocenters. The van der Waals surface area contributed by atoms with E-state index >= 15 is 0 Å². The Morgan fingerprint density at radius 2 is 2.17 bits per heavy atom. The molecule has 18 heavy (non-hydrogen) atoms. The summed E-state index contributed by atoms with van der Waals surface area (Å²) < 4.78 is 0. The number of carbonyl (C=O) groups is 2. The zero-order chi connectivity index (χ0) is 13.0. The van der Waals surface area contributed by atoms with Crippen LogP contribution in [-0.4, -0.2) is 72.1 Å². The number of aliphatic hydroxyl groups excluding tert-OH is 1. The molecule has 2 aliphatic heterocycles. The fraction of sp³-hybridized carbons (Fsp3) is 0.833. The third-order valence-corrected chi connectivity index (χ3v) is 3.61. The number of nitrogens with zero attached hydrogens (tertiary/aromatic N) is 2. The molecular weight excluding hydrogens is 234 g/mol. The lowest BCUT2D eigenvalue weighted by Crippen LogP contribution is -2.45. The maximum absolute atomic E-state index is 12.2. The van der Waals surface area contributed by atoms with Gasteiger partial charge >= 0.3 is 0 Å². The predicted molar refractivity (Wildman–Crippen MR) is 65.9 cm³/mol. The van der Waals surface area contributed by atoms with Crippen LogP contribution in [-0.2, 0) is 9.59 Å². The molecule has 102 valence electrons. The first-order chi connectivity index (χ1) is 8.70. The smallest absolute Gasteiger partial charge is 0.245 e. The van der Waals surface area contributed by atoms with Gasteiger partial charge in [0.2, 0.25) is 11.8 Å². The minimum atomic E-state index is -0.318. The van der Waals surface area contributed by atoms with Crippen LogP contribution in [0, 0.1) is 0 Å². The second-order valence-corrected chi connectivity index (χ2v) is 4.90. The minimum absolute atomic E-state index is 0.0231. The fourth-order valence-electron chi connectivity index (χ4n) is 2.58. The molecule has 0 aromatic carbocycles. The Hall–Kier alpha value is -1.14. The number of rotatable bonds is 3. The predicted octanol–water partition coefficient (Wildman–Crippen LogP) is -1.21. The van der Waals surface area contributed by atoms with Gasteiger partial charge in [-0.25, -0.2) is 0 Å². The van der Waals surface area contributed by atoms with Crippen molar-refractivity contribution in [2.45, 2.75) is 25.3 Å². The summed E-state index contributed by atoms with van der Waals surface area (Å²) in [7, 11) is 0. The Labute approximate surface area is 107 Å². The summed E-state index contributed by atoms with van der Waals surface area (Å²) in [5, 5.41) is 11.6. The van der Waals surface area contributed by atoms with Gasteiger partial charge in [0, 0.05) is 32.6 Å². The van der Waals surface area contributed by atoms with Crippen molar-refractivity contribution in [2.75, 3.05) is 39.3 Å². The number of β-amino-alcohol motifs (C(OH)–C–C–N with tert-alkyl or cyclic N) is 1. The van der Waals surface area contributed by atoms with Gasteiger partial charge < -0.3 is 15.3 Å². The highest BCUT2D eigenvalue weighted by molar-refractivity contribution is 5.90. The van der Waals surface area contributed by atoms with Crippen molar-refractivity contribution in [3.8, 4) is 0 Å². The molecule has 2 rings (SSSR count). The Balaban J connectivity index is 1.85. The van der Waals surface area contributed by atoms with Crippen LogP contribution < -0.4 is 5.32 Å². The zero-order valence-electron chi connectivity index (χ0n) is 10.6. The number of hydrogen-bond acceptors (Lipinski definition) is 4. The van der Waals surface area contributed by atoms with Crippen molar-refractivity contribution < 1.29 is 14.7 Å². The van der Waals surface area contributed by atoms with Gasteiger partial charge in [0.1, 0.15) is 6.04 Å². The maximum atomic E-state index is 12.2. The fourth-order valence-corrected chi connectivity index (χ4v) is 2.58. The molecule has 2 amide bonds. The van der Waals surface area contributed by atoms with Crippen molar-refractivity contribution >= 4 is 11.8 Å². The molecule has 2 saturated heterocycles. The number of amides is 2.